The van der Waals surface area contributed by atoms with E-state index in [2.05, 4.69) is 10.6 Å². The van der Waals surface area contributed by atoms with E-state index in [4.69, 9.17) is 10.8 Å². The maximum atomic E-state index is 11.3. The number of nitrogens with two attached hydrogens (primary N) is 1. The quantitative estimate of drug-likeness (QED) is 0.581. The first-order valence-electron chi connectivity index (χ1n) is 5.61. The average Bonchev–Trinajstić information content (AvgIpc) is 2.36. The fraction of sp³-hybridized carbons (Fsp3) is 0.250. The number of carboxylic acid groups (broad SMARTS) is 1. The van der Waals surface area contributed by atoms with E-state index in [1.807, 2.05) is 0 Å². The van der Waals surface area contributed by atoms with Crippen molar-refractivity contribution >= 4 is 17.9 Å². The predicted octanol–water partition coefficient (Wildman–Crippen LogP) is 0.0594. The van der Waals surface area contributed by atoms with E-state index in [1.54, 1.807) is 12.1 Å². The molecule has 0 aliphatic heterocycles. The Morgan fingerprint density at radius 1 is 1.11 bits per heavy atom. The first-order chi connectivity index (χ1) is 8.99. The van der Waals surface area contributed by atoms with Gasteiger partial charge >= 0.3 is 12.0 Å². The highest BCUT2D eigenvalue weighted by atomic mass is 16.4. The number of hydrogen-bond donors (Lipinski definition) is 4. The molecule has 19 heavy (non-hydrogen) atoms. The van der Waals surface area contributed by atoms with E-state index in [-0.39, 0.29) is 25.1 Å². The average molecular weight is 265 g/mol. The number of benzene rings is 1. The molecule has 0 aliphatic carbocycles. The van der Waals surface area contributed by atoms with Gasteiger partial charge in [-0.3, -0.25) is 4.79 Å². The molecule has 0 radical (unpaired) electrons. The zero-order valence-electron chi connectivity index (χ0n) is 10.2. The van der Waals surface area contributed by atoms with Crippen LogP contribution in [-0.2, 0) is 11.3 Å². The molecule has 102 valence electrons. The molecule has 0 heterocycles. The molecule has 1 rings (SSSR count). The summed E-state index contributed by atoms with van der Waals surface area (Å²) < 4.78 is 0. The third-order valence-corrected chi connectivity index (χ3v) is 2.31. The van der Waals surface area contributed by atoms with Crippen molar-refractivity contribution in [3.05, 3.63) is 35.4 Å². The molecule has 0 bridgehead atoms. The molecule has 7 heteroatoms. The fourth-order valence-corrected chi connectivity index (χ4v) is 1.31. The Labute approximate surface area is 109 Å². The summed E-state index contributed by atoms with van der Waals surface area (Å²) >= 11 is 0. The summed E-state index contributed by atoms with van der Waals surface area (Å²) in [6.45, 7) is 0.446. The highest BCUT2D eigenvalue weighted by Crippen LogP contribution is 2.03. The second-order valence-corrected chi connectivity index (χ2v) is 3.83. The lowest BCUT2D eigenvalue weighted by Gasteiger charge is -2.07. The molecule has 5 N–H and O–H groups in total. The van der Waals surface area contributed by atoms with Gasteiger partial charge in [0.05, 0.1) is 5.56 Å². The van der Waals surface area contributed by atoms with Crippen molar-refractivity contribution in [2.75, 3.05) is 6.54 Å². The number of carboxylic acids is 1. The van der Waals surface area contributed by atoms with Gasteiger partial charge in [-0.1, -0.05) is 12.1 Å². The van der Waals surface area contributed by atoms with Crippen molar-refractivity contribution in [3.63, 3.8) is 0 Å². The van der Waals surface area contributed by atoms with Crippen LogP contribution in [0.15, 0.2) is 24.3 Å². The smallest absolute Gasteiger partial charge is 0.335 e. The summed E-state index contributed by atoms with van der Waals surface area (Å²) in [5.41, 5.74) is 5.89. The largest absolute Gasteiger partial charge is 0.478 e. The van der Waals surface area contributed by atoms with E-state index in [9.17, 15) is 14.4 Å². The van der Waals surface area contributed by atoms with Gasteiger partial charge in [-0.15, -0.1) is 0 Å². The molecule has 7 nitrogen and oxygen atoms in total. The Balaban J connectivity index is 2.33. The van der Waals surface area contributed by atoms with Crippen molar-refractivity contribution in [1.29, 1.82) is 0 Å². The number of amides is 3. The summed E-state index contributed by atoms with van der Waals surface area (Å²) in [5.74, 6) is -1.48. The van der Waals surface area contributed by atoms with Crippen LogP contribution in [0.3, 0.4) is 0 Å². The van der Waals surface area contributed by atoms with Crippen molar-refractivity contribution < 1.29 is 19.5 Å². The van der Waals surface area contributed by atoms with Crippen LogP contribution in [0.5, 0.6) is 0 Å². The lowest BCUT2D eigenvalue weighted by atomic mass is 10.1. The lowest BCUT2D eigenvalue weighted by molar-refractivity contribution is -0.117. The lowest BCUT2D eigenvalue weighted by Crippen LogP contribution is -2.36. The Morgan fingerprint density at radius 2 is 1.74 bits per heavy atom. The maximum absolute atomic E-state index is 11.3. The number of rotatable bonds is 6. The van der Waals surface area contributed by atoms with Crippen LogP contribution in [0.2, 0.25) is 0 Å². The zero-order chi connectivity index (χ0) is 14.3. The minimum atomic E-state index is -0.997. The molecule has 0 spiro atoms. The van der Waals surface area contributed by atoms with E-state index >= 15 is 0 Å². The monoisotopic (exact) mass is 265 g/mol. The summed E-state index contributed by atoms with van der Waals surface area (Å²) in [6, 6.07) is 5.75. The number of nitrogens with one attached hydrogen (secondary N) is 2. The van der Waals surface area contributed by atoms with Crippen LogP contribution in [0.1, 0.15) is 22.3 Å². The van der Waals surface area contributed by atoms with E-state index in [0.717, 1.165) is 5.56 Å². The molecule has 1 aromatic carbocycles. The summed E-state index contributed by atoms with van der Waals surface area (Å²) in [5, 5.41) is 13.8. The van der Waals surface area contributed by atoms with Gasteiger partial charge in [0, 0.05) is 19.5 Å². The third kappa shape index (κ3) is 5.53. The summed E-state index contributed by atoms with van der Waals surface area (Å²) in [6.07, 6.45) is 0.0841. The van der Waals surface area contributed by atoms with Gasteiger partial charge < -0.3 is 21.5 Å². The number of carbonyl (C=O) groups excluding carboxylic acids is 2. The normalized spacial score (nSPS) is 9.68. The number of urea groups is 1. The predicted molar refractivity (Wildman–Crippen MR) is 67.5 cm³/mol. The fourth-order valence-electron chi connectivity index (χ4n) is 1.31. The summed E-state index contributed by atoms with van der Waals surface area (Å²) in [7, 11) is 0. The molecular weight excluding hydrogens is 250 g/mol. The summed E-state index contributed by atoms with van der Waals surface area (Å²) in [4.78, 5) is 32.4. The Morgan fingerprint density at radius 3 is 2.26 bits per heavy atom. The van der Waals surface area contributed by atoms with Gasteiger partial charge in [-0.25, -0.2) is 9.59 Å². The van der Waals surface area contributed by atoms with Crippen LogP contribution in [-0.4, -0.2) is 29.6 Å². The number of primary amides is 1. The first kappa shape index (κ1) is 14.5. The van der Waals surface area contributed by atoms with Gasteiger partial charge in [0.25, 0.3) is 0 Å². The van der Waals surface area contributed by atoms with Crippen molar-refractivity contribution in [3.8, 4) is 0 Å². The minimum absolute atomic E-state index is 0.0841. The second kappa shape index (κ2) is 7.00. The van der Waals surface area contributed by atoms with Crippen LogP contribution in [0.25, 0.3) is 0 Å². The maximum Gasteiger partial charge on any atom is 0.335 e. The number of carbonyl (C=O) groups is 3. The van der Waals surface area contributed by atoms with Gasteiger partial charge in [0.15, 0.2) is 0 Å². The Hall–Kier alpha value is -2.57. The number of aromatic carboxylic acids is 1. The number of hydrogen-bond acceptors (Lipinski definition) is 3. The topological polar surface area (TPSA) is 122 Å². The van der Waals surface area contributed by atoms with Gasteiger partial charge in [0.1, 0.15) is 0 Å². The molecule has 0 aromatic heterocycles. The standard InChI is InChI=1S/C12H15N3O4/c13-10(16)5-6-14-12(19)15-7-8-1-3-9(4-2-8)11(17)18/h1-4H,5-7H2,(H2,13,16)(H,17,18)(H2,14,15,19). The van der Waals surface area contributed by atoms with E-state index in [0.29, 0.717) is 0 Å². The second-order valence-electron chi connectivity index (χ2n) is 3.83. The Kier molecular flexibility index (Phi) is 5.34. The van der Waals surface area contributed by atoms with Crippen LogP contribution in [0, 0.1) is 0 Å². The molecular formula is C12H15N3O4. The van der Waals surface area contributed by atoms with Crippen molar-refractivity contribution in [2.45, 2.75) is 13.0 Å². The van der Waals surface area contributed by atoms with Crippen LogP contribution in [0.4, 0.5) is 4.79 Å². The molecule has 0 saturated heterocycles. The zero-order valence-corrected chi connectivity index (χ0v) is 10.2. The highest BCUT2D eigenvalue weighted by Gasteiger charge is 2.03. The van der Waals surface area contributed by atoms with Gasteiger partial charge in [0.2, 0.25) is 5.91 Å². The van der Waals surface area contributed by atoms with Gasteiger partial charge in [-0.05, 0) is 17.7 Å². The molecule has 0 aliphatic rings. The van der Waals surface area contributed by atoms with Crippen LogP contribution < -0.4 is 16.4 Å². The molecule has 0 atom stereocenters. The van der Waals surface area contributed by atoms with Gasteiger partial charge in [-0.2, -0.15) is 0 Å². The van der Waals surface area contributed by atoms with Crippen molar-refractivity contribution in [2.24, 2.45) is 5.73 Å². The van der Waals surface area contributed by atoms with E-state index in [1.165, 1.54) is 12.1 Å². The highest BCUT2D eigenvalue weighted by molar-refractivity contribution is 5.87. The molecule has 0 saturated carbocycles. The first-order valence-corrected chi connectivity index (χ1v) is 5.61. The Bertz CT molecular complexity index is 470. The third-order valence-electron chi connectivity index (χ3n) is 2.31. The molecule has 0 unspecified atom stereocenters. The van der Waals surface area contributed by atoms with Crippen molar-refractivity contribution in [1.82, 2.24) is 10.6 Å². The molecule has 0 fully saturated rings. The molecule has 3 amide bonds. The van der Waals surface area contributed by atoms with Crippen LogP contribution >= 0.6 is 0 Å². The van der Waals surface area contributed by atoms with E-state index < -0.39 is 17.9 Å². The minimum Gasteiger partial charge on any atom is -0.478 e. The molecule has 1 aromatic rings. The SMILES string of the molecule is NC(=O)CCNC(=O)NCc1ccc(C(=O)O)cc1.